The number of rotatable bonds is 6. The third kappa shape index (κ3) is 3.30. The van der Waals surface area contributed by atoms with Gasteiger partial charge < -0.3 is 19.1 Å². The summed E-state index contributed by atoms with van der Waals surface area (Å²) in [6, 6.07) is 13.1. The molecule has 0 fully saturated rings. The number of ether oxygens (including phenoxy) is 3. The highest BCUT2D eigenvalue weighted by Crippen LogP contribution is 2.33. The Morgan fingerprint density at radius 1 is 1.12 bits per heavy atom. The SMILES string of the molecule is CCOc1ccccc1C(=O)N(CC)Cc1ccc2c(c1)OCO2. The van der Waals surface area contributed by atoms with E-state index in [1.165, 1.54) is 0 Å². The molecule has 0 saturated heterocycles. The molecule has 0 saturated carbocycles. The molecule has 0 bridgehead atoms. The molecule has 1 aliphatic heterocycles. The minimum Gasteiger partial charge on any atom is -0.493 e. The van der Waals surface area contributed by atoms with E-state index in [1.807, 2.05) is 50.2 Å². The molecule has 24 heavy (non-hydrogen) atoms. The van der Waals surface area contributed by atoms with Crippen molar-refractivity contribution in [3.63, 3.8) is 0 Å². The minimum atomic E-state index is -0.0424. The average Bonchev–Trinajstić information content (AvgIpc) is 3.07. The Morgan fingerprint density at radius 2 is 1.92 bits per heavy atom. The highest BCUT2D eigenvalue weighted by molar-refractivity contribution is 5.96. The van der Waals surface area contributed by atoms with Gasteiger partial charge in [0, 0.05) is 13.1 Å². The van der Waals surface area contributed by atoms with E-state index < -0.39 is 0 Å². The summed E-state index contributed by atoms with van der Waals surface area (Å²) < 4.78 is 16.3. The Bertz CT molecular complexity index is 729. The van der Waals surface area contributed by atoms with Gasteiger partial charge in [0.2, 0.25) is 6.79 Å². The number of hydrogen-bond acceptors (Lipinski definition) is 4. The van der Waals surface area contributed by atoms with E-state index in [0.29, 0.717) is 31.0 Å². The van der Waals surface area contributed by atoms with Gasteiger partial charge in [-0.2, -0.15) is 0 Å². The van der Waals surface area contributed by atoms with Crippen molar-refractivity contribution < 1.29 is 19.0 Å². The monoisotopic (exact) mass is 327 g/mol. The number of carbonyl (C=O) groups excluding carboxylic acids is 1. The quantitative estimate of drug-likeness (QED) is 0.815. The molecule has 5 heteroatoms. The van der Waals surface area contributed by atoms with Crippen molar-refractivity contribution in [3.8, 4) is 17.2 Å². The predicted molar refractivity (Wildman–Crippen MR) is 90.6 cm³/mol. The molecule has 0 radical (unpaired) electrons. The lowest BCUT2D eigenvalue weighted by atomic mass is 10.1. The molecule has 3 rings (SSSR count). The van der Waals surface area contributed by atoms with Crippen molar-refractivity contribution in [2.45, 2.75) is 20.4 Å². The van der Waals surface area contributed by atoms with E-state index in [9.17, 15) is 4.79 Å². The first-order chi connectivity index (χ1) is 11.7. The standard InChI is InChI=1S/C19H21NO4/c1-3-20(12-14-9-10-17-18(11-14)24-13-23-17)19(21)15-7-5-6-8-16(15)22-4-2/h5-11H,3-4,12-13H2,1-2H3. The van der Waals surface area contributed by atoms with Crippen molar-refractivity contribution in [2.24, 2.45) is 0 Å². The van der Waals surface area contributed by atoms with Crippen LogP contribution in [-0.4, -0.2) is 30.8 Å². The van der Waals surface area contributed by atoms with Crippen LogP contribution in [0.1, 0.15) is 29.8 Å². The summed E-state index contributed by atoms with van der Waals surface area (Å²) in [7, 11) is 0. The molecule has 0 unspecified atom stereocenters. The maximum atomic E-state index is 12.9. The summed E-state index contributed by atoms with van der Waals surface area (Å²) in [4.78, 5) is 14.7. The largest absolute Gasteiger partial charge is 0.493 e. The van der Waals surface area contributed by atoms with E-state index in [1.54, 1.807) is 11.0 Å². The van der Waals surface area contributed by atoms with Crippen molar-refractivity contribution in [2.75, 3.05) is 19.9 Å². The molecule has 0 aliphatic carbocycles. The number of benzene rings is 2. The smallest absolute Gasteiger partial charge is 0.257 e. The van der Waals surface area contributed by atoms with Crippen LogP contribution in [0.2, 0.25) is 0 Å². The Balaban J connectivity index is 1.80. The lowest BCUT2D eigenvalue weighted by Gasteiger charge is -2.22. The molecule has 5 nitrogen and oxygen atoms in total. The predicted octanol–water partition coefficient (Wildman–Crippen LogP) is 3.48. The molecule has 1 heterocycles. The molecule has 2 aromatic rings. The van der Waals surface area contributed by atoms with E-state index in [4.69, 9.17) is 14.2 Å². The molecular weight excluding hydrogens is 306 g/mol. The Labute approximate surface area is 141 Å². The third-order valence-corrected chi connectivity index (χ3v) is 3.90. The number of carbonyl (C=O) groups is 1. The van der Waals surface area contributed by atoms with Crippen LogP contribution >= 0.6 is 0 Å². The van der Waals surface area contributed by atoms with Gasteiger partial charge in [0.05, 0.1) is 12.2 Å². The van der Waals surface area contributed by atoms with Crippen LogP contribution < -0.4 is 14.2 Å². The summed E-state index contributed by atoms with van der Waals surface area (Å²) >= 11 is 0. The second-order valence-corrected chi connectivity index (χ2v) is 5.44. The first kappa shape index (κ1) is 16.2. The summed E-state index contributed by atoms with van der Waals surface area (Å²) in [6.07, 6.45) is 0. The van der Waals surface area contributed by atoms with Crippen LogP contribution in [0.5, 0.6) is 17.2 Å². The fourth-order valence-corrected chi connectivity index (χ4v) is 2.68. The van der Waals surface area contributed by atoms with Gasteiger partial charge in [0.15, 0.2) is 11.5 Å². The van der Waals surface area contributed by atoms with E-state index >= 15 is 0 Å². The fraction of sp³-hybridized carbons (Fsp3) is 0.316. The summed E-state index contributed by atoms with van der Waals surface area (Å²) in [5, 5.41) is 0. The van der Waals surface area contributed by atoms with Gasteiger partial charge in [-0.15, -0.1) is 0 Å². The van der Waals surface area contributed by atoms with E-state index in [0.717, 1.165) is 17.1 Å². The van der Waals surface area contributed by atoms with E-state index in [-0.39, 0.29) is 12.7 Å². The second kappa shape index (κ2) is 7.25. The number of fused-ring (bicyclic) bond motifs is 1. The Hall–Kier alpha value is -2.69. The molecule has 0 spiro atoms. The van der Waals surface area contributed by atoms with Crippen LogP contribution in [0, 0.1) is 0 Å². The Kier molecular flexibility index (Phi) is 4.89. The molecule has 0 atom stereocenters. The maximum absolute atomic E-state index is 12.9. The highest BCUT2D eigenvalue weighted by Gasteiger charge is 2.20. The summed E-state index contributed by atoms with van der Waals surface area (Å²) in [6.45, 7) is 5.76. The van der Waals surface area contributed by atoms with Crippen LogP contribution in [-0.2, 0) is 6.54 Å². The maximum Gasteiger partial charge on any atom is 0.257 e. The molecule has 0 aromatic heterocycles. The normalized spacial score (nSPS) is 12.1. The van der Waals surface area contributed by atoms with Gasteiger partial charge in [-0.3, -0.25) is 4.79 Å². The molecular formula is C19H21NO4. The molecule has 0 N–H and O–H groups in total. The molecule has 1 aliphatic rings. The van der Waals surface area contributed by atoms with Gasteiger partial charge in [-0.05, 0) is 43.7 Å². The number of hydrogen-bond donors (Lipinski definition) is 0. The molecule has 126 valence electrons. The topological polar surface area (TPSA) is 48.0 Å². The summed E-state index contributed by atoms with van der Waals surface area (Å²) in [5.41, 5.74) is 1.59. The van der Waals surface area contributed by atoms with Crippen molar-refractivity contribution >= 4 is 5.91 Å². The number of amides is 1. The van der Waals surface area contributed by atoms with Crippen LogP contribution in [0.15, 0.2) is 42.5 Å². The highest BCUT2D eigenvalue weighted by atomic mass is 16.7. The zero-order valence-electron chi connectivity index (χ0n) is 14.0. The molecule has 2 aromatic carbocycles. The van der Waals surface area contributed by atoms with Crippen LogP contribution in [0.25, 0.3) is 0 Å². The van der Waals surface area contributed by atoms with Gasteiger partial charge in [-0.1, -0.05) is 18.2 Å². The lowest BCUT2D eigenvalue weighted by molar-refractivity contribution is 0.0748. The van der Waals surface area contributed by atoms with Gasteiger partial charge in [0.25, 0.3) is 5.91 Å². The van der Waals surface area contributed by atoms with Crippen LogP contribution in [0.4, 0.5) is 0 Å². The third-order valence-electron chi connectivity index (χ3n) is 3.90. The number of nitrogens with zero attached hydrogens (tertiary/aromatic N) is 1. The molecule has 1 amide bonds. The van der Waals surface area contributed by atoms with Crippen molar-refractivity contribution in [1.29, 1.82) is 0 Å². The first-order valence-electron chi connectivity index (χ1n) is 8.12. The van der Waals surface area contributed by atoms with Gasteiger partial charge in [-0.25, -0.2) is 0 Å². The zero-order chi connectivity index (χ0) is 16.9. The first-order valence-corrected chi connectivity index (χ1v) is 8.12. The fourth-order valence-electron chi connectivity index (χ4n) is 2.68. The van der Waals surface area contributed by atoms with Crippen LogP contribution in [0.3, 0.4) is 0 Å². The second-order valence-electron chi connectivity index (χ2n) is 5.44. The van der Waals surface area contributed by atoms with Gasteiger partial charge >= 0.3 is 0 Å². The van der Waals surface area contributed by atoms with Crippen molar-refractivity contribution in [3.05, 3.63) is 53.6 Å². The average molecular weight is 327 g/mol. The van der Waals surface area contributed by atoms with Gasteiger partial charge in [0.1, 0.15) is 5.75 Å². The zero-order valence-corrected chi connectivity index (χ0v) is 14.0. The summed E-state index contributed by atoms with van der Waals surface area (Å²) in [5.74, 6) is 2.05. The van der Waals surface area contributed by atoms with E-state index in [2.05, 4.69) is 0 Å². The minimum absolute atomic E-state index is 0.0424. The number of para-hydroxylation sites is 1. The Morgan fingerprint density at radius 3 is 2.71 bits per heavy atom. The lowest BCUT2D eigenvalue weighted by Crippen LogP contribution is -2.30. The van der Waals surface area contributed by atoms with Crippen molar-refractivity contribution in [1.82, 2.24) is 4.90 Å².